The Morgan fingerprint density at radius 1 is 1.16 bits per heavy atom. The van der Waals surface area contributed by atoms with E-state index < -0.39 is 0 Å². The van der Waals surface area contributed by atoms with E-state index in [9.17, 15) is 4.79 Å². The number of pyridine rings is 1. The average Bonchev–Trinajstić information content (AvgIpc) is 3.33. The number of piperidine rings is 1. The molecule has 3 aromatic rings. The topological polar surface area (TPSA) is 56.0 Å². The van der Waals surface area contributed by atoms with Gasteiger partial charge in [0.15, 0.2) is 0 Å². The maximum absolute atomic E-state index is 13.2. The van der Waals surface area contributed by atoms with E-state index >= 15 is 0 Å². The Labute approximate surface area is 146 Å². The summed E-state index contributed by atoms with van der Waals surface area (Å²) < 4.78 is 3.84. The lowest BCUT2D eigenvalue weighted by Gasteiger charge is -2.36. The quantitative estimate of drug-likeness (QED) is 0.739. The highest BCUT2D eigenvalue weighted by molar-refractivity contribution is 5.93. The number of rotatable bonds is 3. The zero-order valence-electron chi connectivity index (χ0n) is 14.2. The van der Waals surface area contributed by atoms with E-state index in [-0.39, 0.29) is 11.9 Å². The minimum absolute atomic E-state index is 0.0140. The van der Waals surface area contributed by atoms with Crippen LogP contribution in [0.3, 0.4) is 0 Å². The summed E-state index contributed by atoms with van der Waals surface area (Å²) in [6.07, 6.45) is 10.4. The number of hydrogen-bond donors (Lipinski definition) is 0. The van der Waals surface area contributed by atoms with Crippen molar-refractivity contribution in [2.45, 2.75) is 25.3 Å². The first-order chi connectivity index (χ1) is 12.2. The van der Waals surface area contributed by atoms with Gasteiger partial charge in [-0.05, 0) is 49.6 Å². The van der Waals surface area contributed by atoms with Gasteiger partial charge in [0.05, 0.1) is 11.7 Å². The molecule has 6 heteroatoms. The third-order valence-electron chi connectivity index (χ3n) is 4.82. The number of amides is 1. The van der Waals surface area contributed by atoms with Crippen LogP contribution in [0.5, 0.6) is 0 Å². The van der Waals surface area contributed by atoms with Gasteiger partial charge in [-0.15, -0.1) is 0 Å². The fourth-order valence-corrected chi connectivity index (χ4v) is 3.55. The van der Waals surface area contributed by atoms with E-state index in [0.717, 1.165) is 31.5 Å². The highest BCUT2D eigenvalue weighted by Crippen LogP contribution is 2.32. The highest BCUT2D eigenvalue weighted by atomic mass is 16.2. The van der Waals surface area contributed by atoms with Crippen LogP contribution >= 0.6 is 0 Å². The van der Waals surface area contributed by atoms with Crippen molar-refractivity contribution < 1.29 is 4.79 Å². The molecule has 1 aliphatic heterocycles. The number of aryl methyl sites for hydroxylation is 1. The molecule has 0 N–H and O–H groups in total. The fourth-order valence-electron chi connectivity index (χ4n) is 3.55. The van der Waals surface area contributed by atoms with Crippen LogP contribution in [-0.4, -0.2) is 36.7 Å². The molecule has 0 bridgehead atoms. The minimum Gasteiger partial charge on any atom is -0.353 e. The van der Waals surface area contributed by atoms with E-state index in [1.807, 2.05) is 48.6 Å². The molecule has 1 saturated heterocycles. The third kappa shape index (κ3) is 2.95. The van der Waals surface area contributed by atoms with Gasteiger partial charge in [-0.2, -0.15) is 5.10 Å². The van der Waals surface area contributed by atoms with Crippen LogP contribution < -0.4 is 0 Å². The number of hydrogen-bond acceptors (Lipinski definition) is 3. The molecular formula is C19H21N5O. The normalized spacial score (nSPS) is 17.6. The van der Waals surface area contributed by atoms with Gasteiger partial charge in [-0.25, -0.2) is 4.68 Å². The van der Waals surface area contributed by atoms with Gasteiger partial charge in [-0.1, -0.05) is 0 Å². The molecule has 3 aromatic heterocycles. The maximum atomic E-state index is 13.2. The second-order valence-corrected chi connectivity index (χ2v) is 6.40. The lowest BCUT2D eigenvalue weighted by molar-refractivity contribution is 0.0596. The Morgan fingerprint density at radius 2 is 2.08 bits per heavy atom. The summed E-state index contributed by atoms with van der Waals surface area (Å²) in [5, 5.41) is 4.23. The van der Waals surface area contributed by atoms with Gasteiger partial charge >= 0.3 is 0 Å². The molecule has 0 aliphatic carbocycles. The number of carbonyl (C=O) groups excluding carboxylic acids is 1. The molecule has 4 rings (SSSR count). The van der Waals surface area contributed by atoms with Gasteiger partial charge in [0.1, 0.15) is 5.69 Å². The molecular weight excluding hydrogens is 314 g/mol. The molecule has 128 valence electrons. The molecule has 0 radical (unpaired) electrons. The van der Waals surface area contributed by atoms with Crippen LogP contribution in [0, 0.1) is 0 Å². The maximum Gasteiger partial charge on any atom is 0.273 e. The first-order valence-electron chi connectivity index (χ1n) is 8.62. The van der Waals surface area contributed by atoms with Gasteiger partial charge in [0, 0.05) is 44.1 Å². The Hall–Kier alpha value is -2.89. The fraction of sp³-hybridized carbons (Fsp3) is 0.316. The van der Waals surface area contributed by atoms with Crippen LogP contribution in [0.4, 0.5) is 0 Å². The van der Waals surface area contributed by atoms with Crippen molar-refractivity contribution >= 4 is 5.91 Å². The van der Waals surface area contributed by atoms with Crippen LogP contribution in [-0.2, 0) is 7.05 Å². The summed E-state index contributed by atoms with van der Waals surface area (Å²) in [7, 11) is 2.03. The molecule has 4 heterocycles. The summed E-state index contributed by atoms with van der Waals surface area (Å²) in [6.45, 7) is 0.766. The first kappa shape index (κ1) is 15.6. The van der Waals surface area contributed by atoms with Crippen molar-refractivity contribution in [2.75, 3.05) is 6.54 Å². The van der Waals surface area contributed by atoms with Crippen molar-refractivity contribution in [2.24, 2.45) is 7.05 Å². The third-order valence-corrected chi connectivity index (χ3v) is 4.82. The molecule has 1 aliphatic rings. The molecule has 6 nitrogen and oxygen atoms in total. The SMILES string of the molecule is Cn1cccc1[C@H]1CCCCN1C(=O)c1cc(-n2cccn2)ccn1. The van der Waals surface area contributed by atoms with Crippen molar-refractivity contribution in [3.8, 4) is 5.69 Å². The lowest BCUT2D eigenvalue weighted by Crippen LogP contribution is -2.39. The predicted octanol–water partition coefficient (Wildman–Crippen LogP) is 2.97. The van der Waals surface area contributed by atoms with Gasteiger partial charge in [0.2, 0.25) is 0 Å². The summed E-state index contributed by atoms with van der Waals surface area (Å²) in [5.41, 5.74) is 2.49. The Kier molecular flexibility index (Phi) is 4.09. The van der Waals surface area contributed by atoms with E-state index in [0.29, 0.717) is 5.69 Å². The van der Waals surface area contributed by atoms with Crippen molar-refractivity contribution in [3.05, 3.63) is 66.5 Å². The zero-order valence-corrected chi connectivity index (χ0v) is 14.2. The van der Waals surface area contributed by atoms with Gasteiger partial charge < -0.3 is 9.47 Å². The van der Waals surface area contributed by atoms with E-state index in [4.69, 9.17) is 0 Å². The largest absolute Gasteiger partial charge is 0.353 e. The molecule has 1 atom stereocenters. The molecule has 1 amide bonds. The number of aromatic nitrogens is 4. The monoisotopic (exact) mass is 335 g/mol. The molecule has 1 fully saturated rings. The number of likely N-dealkylation sites (tertiary alicyclic amines) is 1. The van der Waals surface area contributed by atoms with Crippen molar-refractivity contribution in [1.29, 1.82) is 0 Å². The second kappa shape index (κ2) is 6.55. The van der Waals surface area contributed by atoms with E-state index in [1.54, 1.807) is 17.1 Å². The summed E-state index contributed by atoms with van der Waals surface area (Å²) in [6, 6.07) is 9.77. The average molecular weight is 335 g/mol. The van der Waals surface area contributed by atoms with Crippen LogP contribution in [0.2, 0.25) is 0 Å². The smallest absolute Gasteiger partial charge is 0.273 e. The summed E-state index contributed by atoms with van der Waals surface area (Å²) >= 11 is 0. The number of carbonyl (C=O) groups is 1. The minimum atomic E-state index is -0.0140. The van der Waals surface area contributed by atoms with Crippen LogP contribution in [0.25, 0.3) is 5.69 Å². The molecule has 0 spiro atoms. The Morgan fingerprint density at radius 3 is 2.84 bits per heavy atom. The summed E-state index contributed by atoms with van der Waals surface area (Å²) in [4.78, 5) is 19.5. The van der Waals surface area contributed by atoms with Crippen LogP contribution in [0.15, 0.2) is 55.1 Å². The van der Waals surface area contributed by atoms with Crippen molar-refractivity contribution in [1.82, 2.24) is 24.2 Å². The zero-order chi connectivity index (χ0) is 17.2. The second-order valence-electron chi connectivity index (χ2n) is 6.40. The number of nitrogens with zero attached hydrogens (tertiary/aromatic N) is 5. The Bertz CT molecular complexity index is 868. The molecule has 0 saturated carbocycles. The van der Waals surface area contributed by atoms with Crippen molar-refractivity contribution in [3.63, 3.8) is 0 Å². The lowest BCUT2D eigenvalue weighted by atomic mass is 9.98. The van der Waals surface area contributed by atoms with E-state index in [2.05, 4.69) is 20.7 Å². The molecule has 0 unspecified atom stereocenters. The highest BCUT2D eigenvalue weighted by Gasteiger charge is 2.30. The first-order valence-corrected chi connectivity index (χ1v) is 8.62. The van der Waals surface area contributed by atoms with E-state index in [1.165, 1.54) is 5.69 Å². The molecule has 0 aromatic carbocycles. The van der Waals surface area contributed by atoms with Gasteiger partial charge in [0.25, 0.3) is 5.91 Å². The Balaban J connectivity index is 1.65. The summed E-state index contributed by atoms with van der Waals surface area (Å²) in [5.74, 6) is -0.0140. The molecule has 25 heavy (non-hydrogen) atoms. The van der Waals surface area contributed by atoms with Gasteiger partial charge in [-0.3, -0.25) is 9.78 Å². The standard InChI is InChI=1S/C19H21N5O/c1-22-11-4-7-17(22)18-6-2-3-12-23(18)19(25)16-14-15(8-10-20-16)24-13-5-9-21-24/h4-5,7-11,13-14,18H,2-3,6,12H2,1H3/t18-/m1/s1. The van der Waals surface area contributed by atoms with Crippen LogP contribution in [0.1, 0.15) is 41.5 Å². The predicted molar refractivity (Wildman–Crippen MR) is 94.4 cm³/mol.